The molecule has 0 saturated carbocycles. The number of hydrogen-bond acceptors (Lipinski definition) is 3. The van der Waals surface area contributed by atoms with Crippen molar-refractivity contribution < 1.29 is 0 Å². The summed E-state index contributed by atoms with van der Waals surface area (Å²) in [5.41, 5.74) is 5.84. The van der Waals surface area contributed by atoms with Gasteiger partial charge in [-0.3, -0.25) is 0 Å². The summed E-state index contributed by atoms with van der Waals surface area (Å²) in [4.78, 5) is 2.59. The van der Waals surface area contributed by atoms with Gasteiger partial charge in [-0.1, -0.05) is 0 Å². The zero-order valence-corrected chi connectivity index (χ0v) is 8.35. The van der Waals surface area contributed by atoms with Crippen LogP contribution in [0, 0.1) is 5.92 Å². The number of piperidine rings is 1. The SMILES string of the molecule is NC1CCN(CC2CSC2)CC1. The first-order chi connectivity index (χ1) is 5.84. The van der Waals surface area contributed by atoms with Crippen molar-refractivity contribution in [3.05, 3.63) is 0 Å². The monoisotopic (exact) mass is 186 g/mol. The molecule has 2 nitrogen and oxygen atoms in total. The first-order valence-corrected chi connectivity index (χ1v) is 6.06. The maximum absolute atomic E-state index is 5.84. The van der Waals surface area contributed by atoms with Gasteiger partial charge in [0.05, 0.1) is 0 Å². The van der Waals surface area contributed by atoms with Crippen molar-refractivity contribution in [2.45, 2.75) is 18.9 Å². The van der Waals surface area contributed by atoms with Gasteiger partial charge in [-0.25, -0.2) is 0 Å². The van der Waals surface area contributed by atoms with Crippen molar-refractivity contribution in [1.29, 1.82) is 0 Å². The highest BCUT2D eigenvalue weighted by molar-refractivity contribution is 8.00. The Morgan fingerprint density at radius 2 is 1.92 bits per heavy atom. The van der Waals surface area contributed by atoms with Crippen LogP contribution >= 0.6 is 11.8 Å². The van der Waals surface area contributed by atoms with E-state index >= 15 is 0 Å². The summed E-state index contributed by atoms with van der Waals surface area (Å²) in [6, 6.07) is 0.483. The van der Waals surface area contributed by atoms with Crippen molar-refractivity contribution in [3.8, 4) is 0 Å². The Hall–Kier alpha value is 0.270. The van der Waals surface area contributed by atoms with Gasteiger partial charge in [0.15, 0.2) is 0 Å². The van der Waals surface area contributed by atoms with E-state index in [4.69, 9.17) is 5.73 Å². The molecule has 0 aliphatic carbocycles. The number of thioether (sulfide) groups is 1. The number of likely N-dealkylation sites (tertiary alicyclic amines) is 1. The van der Waals surface area contributed by atoms with Gasteiger partial charge in [-0.15, -0.1) is 0 Å². The molecule has 0 radical (unpaired) electrons. The van der Waals surface area contributed by atoms with E-state index in [0.717, 1.165) is 5.92 Å². The van der Waals surface area contributed by atoms with Gasteiger partial charge in [-0.2, -0.15) is 11.8 Å². The molecule has 0 spiro atoms. The van der Waals surface area contributed by atoms with Crippen LogP contribution in [-0.2, 0) is 0 Å². The highest BCUT2D eigenvalue weighted by atomic mass is 32.2. The van der Waals surface area contributed by atoms with Crippen LogP contribution in [0.4, 0.5) is 0 Å². The van der Waals surface area contributed by atoms with E-state index in [1.54, 1.807) is 0 Å². The van der Waals surface area contributed by atoms with E-state index < -0.39 is 0 Å². The van der Waals surface area contributed by atoms with E-state index in [1.165, 1.54) is 44.0 Å². The Morgan fingerprint density at radius 1 is 1.25 bits per heavy atom. The number of rotatable bonds is 2. The van der Waals surface area contributed by atoms with Gasteiger partial charge >= 0.3 is 0 Å². The summed E-state index contributed by atoms with van der Waals surface area (Å²) >= 11 is 2.08. The average molecular weight is 186 g/mol. The molecule has 2 heterocycles. The van der Waals surface area contributed by atoms with Gasteiger partial charge in [-0.05, 0) is 43.4 Å². The van der Waals surface area contributed by atoms with Gasteiger partial charge in [0.25, 0.3) is 0 Å². The third kappa shape index (κ3) is 2.15. The van der Waals surface area contributed by atoms with E-state index in [1.807, 2.05) is 0 Å². The van der Waals surface area contributed by atoms with Gasteiger partial charge in [0, 0.05) is 12.6 Å². The fourth-order valence-electron chi connectivity index (χ4n) is 1.89. The molecule has 0 aromatic heterocycles. The highest BCUT2D eigenvalue weighted by Crippen LogP contribution is 2.26. The zero-order chi connectivity index (χ0) is 8.39. The number of nitrogens with zero attached hydrogens (tertiary/aromatic N) is 1. The topological polar surface area (TPSA) is 29.3 Å². The van der Waals surface area contributed by atoms with Gasteiger partial charge < -0.3 is 10.6 Å². The molecular weight excluding hydrogens is 168 g/mol. The minimum Gasteiger partial charge on any atom is -0.328 e. The van der Waals surface area contributed by atoms with E-state index in [2.05, 4.69) is 16.7 Å². The van der Waals surface area contributed by atoms with Crippen molar-refractivity contribution in [3.63, 3.8) is 0 Å². The molecule has 2 rings (SSSR count). The molecule has 2 N–H and O–H groups in total. The zero-order valence-electron chi connectivity index (χ0n) is 7.54. The molecule has 0 unspecified atom stereocenters. The molecule has 0 amide bonds. The summed E-state index contributed by atoms with van der Waals surface area (Å²) in [6.45, 7) is 3.81. The molecule has 12 heavy (non-hydrogen) atoms. The quantitative estimate of drug-likeness (QED) is 0.691. The standard InChI is InChI=1S/C9H18N2S/c10-9-1-3-11(4-2-9)5-8-6-12-7-8/h8-9H,1-7,10H2. The van der Waals surface area contributed by atoms with Crippen LogP contribution in [0.25, 0.3) is 0 Å². The summed E-state index contributed by atoms with van der Waals surface area (Å²) in [6.07, 6.45) is 2.42. The third-order valence-electron chi connectivity index (χ3n) is 2.86. The van der Waals surface area contributed by atoms with E-state index in [-0.39, 0.29) is 0 Å². The van der Waals surface area contributed by atoms with Crippen LogP contribution in [0.2, 0.25) is 0 Å². The van der Waals surface area contributed by atoms with Crippen LogP contribution in [0.3, 0.4) is 0 Å². The van der Waals surface area contributed by atoms with Crippen molar-refractivity contribution in [2.24, 2.45) is 11.7 Å². The lowest BCUT2D eigenvalue weighted by atomic mass is 10.0. The lowest BCUT2D eigenvalue weighted by molar-refractivity contribution is 0.192. The van der Waals surface area contributed by atoms with Gasteiger partial charge in [0.1, 0.15) is 0 Å². The van der Waals surface area contributed by atoms with Crippen molar-refractivity contribution in [2.75, 3.05) is 31.1 Å². The molecule has 0 bridgehead atoms. The first-order valence-electron chi connectivity index (χ1n) is 4.90. The summed E-state index contributed by atoms with van der Waals surface area (Å²) < 4.78 is 0. The molecule has 2 aliphatic rings. The van der Waals surface area contributed by atoms with Crippen LogP contribution in [0.15, 0.2) is 0 Å². The lowest BCUT2D eigenvalue weighted by Gasteiger charge is -2.35. The van der Waals surface area contributed by atoms with Crippen LogP contribution < -0.4 is 5.73 Å². The Bertz CT molecular complexity index is 139. The largest absolute Gasteiger partial charge is 0.328 e. The molecule has 0 aromatic carbocycles. The fraction of sp³-hybridized carbons (Fsp3) is 1.00. The maximum Gasteiger partial charge on any atom is 0.00631 e. The molecule has 2 fully saturated rings. The Labute approximate surface area is 78.9 Å². The van der Waals surface area contributed by atoms with E-state index in [0.29, 0.717) is 6.04 Å². The molecule has 0 atom stereocenters. The van der Waals surface area contributed by atoms with Crippen LogP contribution in [0.5, 0.6) is 0 Å². The van der Waals surface area contributed by atoms with Crippen LogP contribution in [-0.4, -0.2) is 42.1 Å². The second-order valence-corrected chi connectivity index (χ2v) is 5.12. The van der Waals surface area contributed by atoms with Crippen LogP contribution in [0.1, 0.15) is 12.8 Å². The van der Waals surface area contributed by atoms with Gasteiger partial charge in [0.2, 0.25) is 0 Å². The number of hydrogen-bond donors (Lipinski definition) is 1. The van der Waals surface area contributed by atoms with Crippen molar-refractivity contribution >= 4 is 11.8 Å². The predicted octanol–water partition coefficient (Wildman–Crippen LogP) is 0.772. The second kappa shape index (κ2) is 3.99. The smallest absolute Gasteiger partial charge is 0.00631 e. The fourth-order valence-corrected chi connectivity index (χ4v) is 2.67. The summed E-state index contributed by atoms with van der Waals surface area (Å²) in [5, 5.41) is 0. The molecule has 70 valence electrons. The Kier molecular flexibility index (Phi) is 2.94. The maximum atomic E-state index is 5.84. The summed E-state index contributed by atoms with van der Waals surface area (Å²) in [7, 11) is 0. The highest BCUT2D eigenvalue weighted by Gasteiger charge is 2.23. The number of nitrogens with two attached hydrogens (primary N) is 1. The predicted molar refractivity (Wildman–Crippen MR) is 54.5 cm³/mol. The van der Waals surface area contributed by atoms with E-state index in [9.17, 15) is 0 Å². The molecule has 2 aliphatic heterocycles. The third-order valence-corrected chi connectivity index (χ3v) is 4.27. The second-order valence-electron chi connectivity index (χ2n) is 4.04. The normalized spacial score (nSPS) is 28.8. The minimum absolute atomic E-state index is 0.483. The Balaban J connectivity index is 1.67. The summed E-state index contributed by atoms with van der Waals surface area (Å²) in [5.74, 6) is 3.77. The molecule has 0 aromatic rings. The lowest BCUT2D eigenvalue weighted by Crippen LogP contribution is -2.43. The molecule has 2 saturated heterocycles. The molecular formula is C9H18N2S. The molecule has 3 heteroatoms. The first kappa shape index (κ1) is 8.85. The average Bonchev–Trinajstić information content (AvgIpc) is 2.00. The van der Waals surface area contributed by atoms with Crippen molar-refractivity contribution in [1.82, 2.24) is 4.90 Å². The Morgan fingerprint density at radius 3 is 2.42 bits per heavy atom. The minimum atomic E-state index is 0.483.